The van der Waals surface area contributed by atoms with E-state index in [4.69, 9.17) is 34.0 Å². The third-order valence-electron chi connectivity index (χ3n) is 2.89. The first-order valence-electron chi connectivity index (χ1n) is 5.32. The first-order valence-corrected chi connectivity index (χ1v) is 6.11. The monoisotopic (exact) mass is 274 g/mol. The lowest BCUT2D eigenvalue weighted by Gasteiger charge is -2.31. The summed E-state index contributed by atoms with van der Waals surface area (Å²) in [6.07, 6.45) is 2.61. The van der Waals surface area contributed by atoms with Crippen LogP contribution in [-0.2, 0) is 0 Å². The summed E-state index contributed by atoms with van der Waals surface area (Å²) >= 11 is 10.8. The van der Waals surface area contributed by atoms with Gasteiger partial charge in [0, 0.05) is 0 Å². The summed E-state index contributed by atoms with van der Waals surface area (Å²) in [5, 5.41) is 2.88. The van der Waals surface area contributed by atoms with Gasteiger partial charge >= 0.3 is 0 Å². The van der Waals surface area contributed by atoms with Crippen molar-refractivity contribution >= 4 is 34.7 Å². The highest BCUT2D eigenvalue weighted by Gasteiger charge is 2.32. The maximum absolute atomic E-state index is 12.0. The van der Waals surface area contributed by atoms with Crippen LogP contribution in [0.3, 0.4) is 0 Å². The van der Waals surface area contributed by atoms with Crippen LogP contribution in [0, 0.1) is 0 Å². The summed E-state index contributed by atoms with van der Waals surface area (Å²) in [6, 6.07) is 1.51. The Balaban J connectivity index is 2.93. The normalized spacial score (nSPS) is 11.2. The average Bonchev–Trinajstić information content (AvgIpc) is 2.72. The minimum absolute atomic E-state index is 0.0616. The molecular formula is C11H15ClN2O2S. The Bertz CT molecular complexity index is 427. The van der Waals surface area contributed by atoms with Gasteiger partial charge in [-0.2, -0.15) is 0 Å². The fourth-order valence-electron chi connectivity index (χ4n) is 1.58. The largest absolute Gasteiger partial charge is 0.452 e. The Morgan fingerprint density at radius 2 is 2.18 bits per heavy atom. The van der Waals surface area contributed by atoms with Crippen LogP contribution in [0.1, 0.15) is 37.0 Å². The standard InChI is InChI=1S/C11H15ClN2O2S/c1-3-11(4-2,10(13)17)14-9(15)7-5-6-16-8(7)12/h5-6H,3-4H2,1-2H3,(H2,13,17)(H,14,15). The summed E-state index contributed by atoms with van der Waals surface area (Å²) in [4.78, 5) is 12.3. The van der Waals surface area contributed by atoms with Crippen LogP contribution in [0.5, 0.6) is 0 Å². The number of halogens is 1. The van der Waals surface area contributed by atoms with Gasteiger partial charge in [0.05, 0.1) is 22.4 Å². The molecule has 0 aliphatic rings. The zero-order valence-corrected chi connectivity index (χ0v) is 11.3. The van der Waals surface area contributed by atoms with Crippen LogP contribution < -0.4 is 11.1 Å². The molecule has 1 heterocycles. The van der Waals surface area contributed by atoms with Crippen LogP contribution in [0.4, 0.5) is 0 Å². The van der Waals surface area contributed by atoms with Gasteiger partial charge in [0.1, 0.15) is 0 Å². The molecule has 17 heavy (non-hydrogen) atoms. The second-order valence-electron chi connectivity index (χ2n) is 3.72. The molecule has 6 heteroatoms. The SMILES string of the molecule is CCC(CC)(NC(=O)c1ccoc1Cl)C(N)=S. The van der Waals surface area contributed by atoms with Gasteiger partial charge in [-0.1, -0.05) is 26.1 Å². The topological polar surface area (TPSA) is 68.3 Å². The van der Waals surface area contributed by atoms with Gasteiger partial charge in [0.15, 0.2) is 0 Å². The van der Waals surface area contributed by atoms with Crippen molar-refractivity contribution < 1.29 is 9.21 Å². The Morgan fingerprint density at radius 1 is 1.59 bits per heavy atom. The molecule has 0 fully saturated rings. The Morgan fingerprint density at radius 3 is 2.53 bits per heavy atom. The maximum Gasteiger partial charge on any atom is 0.256 e. The summed E-state index contributed by atoms with van der Waals surface area (Å²) in [6.45, 7) is 3.83. The highest BCUT2D eigenvalue weighted by Crippen LogP contribution is 2.20. The Hall–Kier alpha value is -1.07. The van der Waals surface area contributed by atoms with E-state index in [1.54, 1.807) is 0 Å². The molecule has 1 amide bonds. The third kappa shape index (κ3) is 2.79. The number of carbonyl (C=O) groups is 1. The van der Waals surface area contributed by atoms with Crippen molar-refractivity contribution in [2.75, 3.05) is 0 Å². The van der Waals surface area contributed by atoms with Crippen LogP contribution in [0.15, 0.2) is 16.7 Å². The molecule has 0 saturated carbocycles. The summed E-state index contributed by atoms with van der Waals surface area (Å²) < 4.78 is 4.87. The van der Waals surface area contributed by atoms with E-state index in [1.807, 2.05) is 13.8 Å². The molecule has 0 saturated heterocycles. The molecule has 0 radical (unpaired) electrons. The number of rotatable bonds is 5. The van der Waals surface area contributed by atoms with Crippen LogP contribution in [0.25, 0.3) is 0 Å². The number of thiocarbonyl (C=S) groups is 1. The van der Waals surface area contributed by atoms with E-state index in [1.165, 1.54) is 12.3 Å². The quantitative estimate of drug-likeness (QED) is 0.810. The minimum Gasteiger partial charge on any atom is -0.452 e. The predicted molar refractivity (Wildman–Crippen MR) is 71.3 cm³/mol. The second-order valence-corrected chi connectivity index (χ2v) is 4.50. The van der Waals surface area contributed by atoms with Gasteiger partial charge in [-0.15, -0.1) is 0 Å². The fraction of sp³-hybridized carbons (Fsp3) is 0.455. The number of amides is 1. The number of hydrogen-bond acceptors (Lipinski definition) is 3. The van der Waals surface area contributed by atoms with Crippen molar-refractivity contribution in [3.05, 3.63) is 23.1 Å². The molecule has 0 aliphatic heterocycles. The van der Waals surface area contributed by atoms with Gasteiger partial charge in [0.25, 0.3) is 5.91 Å². The number of hydrogen-bond donors (Lipinski definition) is 2. The minimum atomic E-state index is -0.674. The zero-order valence-electron chi connectivity index (χ0n) is 9.75. The molecule has 0 spiro atoms. The molecule has 0 atom stereocenters. The molecule has 4 nitrogen and oxygen atoms in total. The molecule has 1 aromatic heterocycles. The molecule has 1 rings (SSSR count). The van der Waals surface area contributed by atoms with E-state index in [9.17, 15) is 4.79 Å². The van der Waals surface area contributed by atoms with Crippen molar-refractivity contribution in [1.29, 1.82) is 0 Å². The molecule has 0 unspecified atom stereocenters. The van der Waals surface area contributed by atoms with Gasteiger partial charge in [0.2, 0.25) is 5.22 Å². The Labute approximate surface area is 110 Å². The lowest BCUT2D eigenvalue weighted by molar-refractivity contribution is 0.0919. The van der Waals surface area contributed by atoms with E-state index in [0.29, 0.717) is 12.8 Å². The van der Waals surface area contributed by atoms with Crippen LogP contribution in [0.2, 0.25) is 5.22 Å². The third-order valence-corrected chi connectivity index (χ3v) is 3.58. The zero-order chi connectivity index (χ0) is 13.1. The molecule has 1 aromatic rings. The van der Waals surface area contributed by atoms with E-state index in [2.05, 4.69) is 5.32 Å². The smallest absolute Gasteiger partial charge is 0.256 e. The first-order chi connectivity index (χ1) is 7.96. The van der Waals surface area contributed by atoms with Crippen LogP contribution >= 0.6 is 23.8 Å². The summed E-state index contributed by atoms with van der Waals surface area (Å²) in [7, 11) is 0. The number of nitrogens with one attached hydrogen (secondary N) is 1. The molecule has 0 aliphatic carbocycles. The Kier molecular flexibility index (Phi) is 4.54. The van der Waals surface area contributed by atoms with E-state index < -0.39 is 5.54 Å². The molecule has 0 aromatic carbocycles. The number of carbonyl (C=O) groups excluding carboxylic acids is 1. The van der Waals surface area contributed by atoms with Gasteiger partial charge < -0.3 is 15.5 Å². The average molecular weight is 275 g/mol. The van der Waals surface area contributed by atoms with Crippen LogP contribution in [-0.4, -0.2) is 16.4 Å². The second kappa shape index (κ2) is 5.51. The summed E-state index contributed by atoms with van der Waals surface area (Å²) in [5.41, 5.74) is 5.31. The van der Waals surface area contributed by atoms with Crippen molar-refractivity contribution in [1.82, 2.24) is 5.32 Å². The maximum atomic E-state index is 12.0. The number of nitrogens with two attached hydrogens (primary N) is 1. The fourth-order valence-corrected chi connectivity index (χ4v) is 2.12. The van der Waals surface area contributed by atoms with Gasteiger partial charge in [-0.25, -0.2) is 0 Å². The van der Waals surface area contributed by atoms with E-state index >= 15 is 0 Å². The van der Waals surface area contributed by atoms with E-state index in [-0.39, 0.29) is 21.7 Å². The number of furan rings is 1. The molecular weight excluding hydrogens is 260 g/mol. The van der Waals surface area contributed by atoms with Gasteiger partial charge in [-0.3, -0.25) is 4.79 Å². The summed E-state index contributed by atoms with van der Waals surface area (Å²) in [5.74, 6) is -0.333. The van der Waals surface area contributed by atoms with Crippen molar-refractivity contribution in [3.63, 3.8) is 0 Å². The van der Waals surface area contributed by atoms with Crippen molar-refractivity contribution in [2.24, 2.45) is 5.73 Å². The highest BCUT2D eigenvalue weighted by molar-refractivity contribution is 7.80. The van der Waals surface area contributed by atoms with E-state index in [0.717, 1.165) is 0 Å². The molecule has 0 bridgehead atoms. The van der Waals surface area contributed by atoms with Gasteiger partial charge in [-0.05, 0) is 30.5 Å². The predicted octanol–water partition coefficient (Wildman–Crippen LogP) is 2.51. The lowest BCUT2D eigenvalue weighted by Crippen LogP contribution is -2.55. The highest BCUT2D eigenvalue weighted by atomic mass is 35.5. The molecule has 3 N–H and O–H groups in total. The lowest BCUT2D eigenvalue weighted by atomic mass is 9.92. The van der Waals surface area contributed by atoms with Crippen molar-refractivity contribution in [3.8, 4) is 0 Å². The first kappa shape index (κ1) is 14.0. The van der Waals surface area contributed by atoms with Crippen molar-refractivity contribution in [2.45, 2.75) is 32.2 Å². The molecule has 94 valence electrons.